The zero-order valence-corrected chi connectivity index (χ0v) is 13.2. The maximum absolute atomic E-state index is 12.4. The number of nitro groups is 1. The lowest BCUT2D eigenvalue weighted by Crippen LogP contribution is -2.38. The fourth-order valence-corrected chi connectivity index (χ4v) is 2.61. The number of benzene rings is 2. The number of nitro benzene ring substituents is 1. The van der Waals surface area contributed by atoms with Crippen LogP contribution >= 0.6 is 0 Å². The molecule has 7 nitrogen and oxygen atoms in total. The summed E-state index contributed by atoms with van der Waals surface area (Å²) in [5, 5.41) is 13.6. The SMILES string of the molecule is Cc1ccc([N+](=O)[O-])cc1NC(=O)CN1CCOc2ccccc21. The van der Waals surface area contributed by atoms with Gasteiger partial charge in [-0.05, 0) is 24.6 Å². The minimum atomic E-state index is -0.479. The average molecular weight is 327 g/mol. The van der Waals surface area contributed by atoms with E-state index < -0.39 is 4.92 Å². The van der Waals surface area contributed by atoms with E-state index in [0.717, 1.165) is 17.0 Å². The first-order valence-electron chi connectivity index (χ1n) is 7.56. The Hall–Kier alpha value is -3.09. The number of non-ortho nitro benzene ring substituents is 1. The van der Waals surface area contributed by atoms with Crippen LogP contribution in [0.1, 0.15) is 5.56 Å². The number of anilines is 2. The van der Waals surface area contributed by atoms with Crippen molar-refractivity contribution in [2.24, 2.45) is 0 Å². The summed E-state index contributed by atoms with van der Waals surface area (Å²) in [6, 6.07) is 12.0. The second kappa shape index (κ2) is 6.57. The Morgan fingerprint density at radius 3 is 2.92 bits per heavy atom. The molecule has 3 rings (SSSR count). The number of hydrogen-bond acceptors (Lipinski definition) is 5. The van der Waals surface area contributed by atoms with Crippen molar-refractivity contribution in [1.82, 2.24) is 0 Å². The number of hydrogen-bond donors (Lipinski definition) is 1. The third-order valence-electron chi connectivity index (χ3n) is 3.87. The van der Waals surface area contributed by atoms with E-state index in [0.29, 0.717) is 18.8 Å². The maximum Gasteiger partial charge on any atom is 0.271 e. The molecule has 2 aromatic carbocycles. The van der Waals surface area contributed by atoms with E-state index in [1.54, 1.807) is 13.0 Å². The van der Waals surface area contributed by atoms with Crippen molar-refractivity contribution in [3.8, 4) is 5.75 Å². The van der Waals surface area contributed by atoms with Crippen LogP contribution < -0.4 is 15.0 Å². The van der Waals surface area contributed by atoms with Gasteiger partial charge in [0.05, 0.1) is 29.4 Å². The molecule has 0 aromatic heterocycles. The molecule has 2 aromatic rings. The number of nitrogens with zero attached hydrogens (tertiary/aromatic N) is 2. The van der Waals surface area contributed by atoms with E-state index in [1.165, 1.54) is 12.1 Å². The van der Waals surface area contributed by atoms with Gasteiger partial charge < -0.3 is 15.0 Å². The Balaban J connectivity index is 1.73. The van der Waals surface area contributed by atoms with Gasteiger partial charge in [0.15, 0.2) is 0 Å². The second-order valence-electron chi connectivity index (χ2n) is 5.54. The van der Waals surface area contributed by atoms with E-state index >= 15 is 0 Å². The van der Waals surface area contributed by atoms with Crippen LogP contribution in [-0.2, 0) is 4.79 Å². The van der Waals surface area contributed by atoms with E-state index in [4.69, 9.17) is 4.74 Å². The van der Waals surface area contributed by atoms with Crippen LogP contribution in [-0.4, -0.2) is 30.5 Å². The quantitative estimate of drug-likeness (QED) is 0.689. The van der Waals surface area contributed by atoms with E-state index in [-0.39, 0.29) is 18.1 Å². The zero-order chi connectivity index (χ0) is 17.1. The van der Waals surface area contributed by atoms with Crippen molar-refractivity contribution in [3.05, 3.63) is 58.1 Å². The smallest absolute Gasteiger partial charge is 0.271 e. The van der Waals surface area contributed by atoms with E-state index in [1.807, 2.05) is 29.2 Å². The van der Waals surface area contributed by atoms with Gasteiger partial charge in [-0.3, -0.25) is 14.9 Å². The molecule has 1 heterocycles. The molecule has 1 N–H and O–H groups in total. The lowest BCUT2D eigenvalue weighted by molar-refractivity contribution is -0.384. The summed E-state index contributed by atoms with van der Waals surface area (Å²) < 4.78 is 5.57. The normalized spacial score (nSPS) is 13.0. The third kappa shape index (κ3) is 3.29. The molecule has 124 valence electrons. The Morgan fingerprint density at radius 2 is 2.12 bits per heavy atom. The number of carbonyl (C=O) groups excluding carboxylic acids is 1. The molecule has 0 bridgehead atoms. The Bertz CT molecular complexity index is 791. The molecule has 24 heavy (non-hydrogen) atoms. The number of carbonyl (C=O) groups is 1. The largest absolute Gasteiger partial charge is 0.490 e. The van der Waals surface area contributed by atoms with Crippen LogP contribution in [0.4, 0.5) is 17.1 Å². The minimum Gasteiger partial charge on any atom is -0.490 e. The molecule has 0 aliphatic carbocycles. The standard InChI is InChI=1S/C17H17N3O4/c1-12-6-7-13(20(22)23)10-14(12)18-17(21)11-19-8-9-24-16-5-3-2-4-15(16)19/h2-7,10H,8-9,11H2,1H3,(H,18,21). The van der Waals surface area contributed by atoms with Crippen molar-refractivity contribution >= 4 is 23.0 Å². The summed E-state index contributed by atoms with van der Waals surface area (Å²) in [6.07, 6.45) is 0. The molecule has 0 fully saturated rings. The first-order chi connectivity index (χ1) is 11.5. The van der Waals surface area contributed by atoms with Gasteiger partial charge >= 0.3 is 0 Å². The summed E-state index contributed by atoms with van der Waals surface area (Å²) in [5.41, 5.74) is 2.05. The highest BCUT2D eigenvalue weighted by molar-refractivity contribution is 5.95. The Kier molecular flexibility index (Phi) is 4.33. The van der Waals surface area contributed by atoms with Gasteiger partial charge in [0, 0.05) is 12.1 Å². The summed E-state index contributed by atoms with van der Waals surface area (Å²) in [6.45, 7) is 3.07. The topological polar surface area (TPSA) is 84.7 Å². The second-order valence-corrected chi connectivity index (χ2v) is 5.54. The lowest BCUT2D eigenvalue weighted by Gasteiger charge is -2.30. The van der Waals surface area contributed by atoms with Gasteiger partial charge in [0.25, 0.3) is 5.69 Å². The lowest BCUT2D eigenvalue weighted by atomic mass is 10.2. The van der Waals surface area contributed by atoms with Crippen molar-refractivity contribution in [3.63, 3.8) is 0 Å². The summed E-state index contributed by atoms with van der Waals surface area (Å²) in [4.78, 5) is 24.7. The Morgan fingerprint density at radius 1 is 1.33 bits per heavy atom. The maximum atomic E-state index is 12.4. The fourth-order valence-electron chi connectivity index (χ4n) is 2.61. The fraction of sp³-hybridized carbons (Fsp3) is 0.235. The number of ether oxygens (including phenoxy) is 1. The van der Waals surface area contributed by atoms with E-state index in [2.05, 4.69) is 5.32 Å². The molecular formula is C17H17N3O4. The average Bonchev–Trinajstić information content (AvgIpc) is 2.57. The number of nitrogens with one attached hydrogen (secondary N) is 1. The van der Waals surface area contributed by atoms with Crippen LogP contribution in [0.3, 0.4) is 0 Å². The molecule has 0 saturated heterocycles. The van der Waals surface area contributed by atoms with Crippen LogP contribution in [0.25, 0.3) is 0 Å². The van der Waals surface area contributed by atoms with Crippen LogP contribution in [0, 0.1) is 17.0 Å². The first-order valence-corrected chi connectivity index (χ1v) is 7.56. The highest BCUT2D eigenvalue weighted by atomic mass is 16.6. The third-order valence-corrected chi connectivity index (χ3v) is 3.87. The predicted octanol–water partition coefficient (Wildman–Crippen LogP) is 2.74. The van der Waals surface area contributed by atoms with Gasteiger partial charge in [-0.25, -0.2) is 0 Å². The highest BCUT2D eigenvalue weighted by Crippen LogP contribution is 2.30. The van der Waals surface area contributed by atoms with Crippen molar-refractivity contribution in [1.29, 1.82) is 0 Å². The minimum absolute atomic E-state index is 0.0485. The van der Waals surface area contributed by atoms with Crippen molar-refractivity contribution in [2.75, 3.05) is 29.9 Å². The van der Waals surface area contributed by atoms with Crippen molar-refractivity contribution < 1.29 is 14.5 Å². The highest BCUT2D eigenvalue weighted by Gasteiger charge is 2.20. The summed E-state index contributed by atoms with van der Waals surface area (Å²) in [7, 11) is 0. The predicted molar refractivity (Wildman–Crippen MR) is 90.6 cm³/mol. The molecule has 0 spiro atoms. The number of para-hydroxylation sites is 2. The summed E-state index contributed by atoms with van der Waals surface area (Å²) >= 11 is 0. The Labute approximate surface area is 139 Å². The van der Waals surface area contributed by atoms with E-state index in [9.17, 15) is 14.9 Å². The van der Waals surface area contributed by atoms with Crippen LogP contribution in [0.15, 0.2) is 42.5 Å². The van der Waals surface area contributed by atoms with Gasteiger partial charge in [0.2, 0.25) is 5.91 Å². The van der Waals surface area contributed by atoms with Gasteiger partial charge in [-0.15, -0.1) is 0 Å². The van der Waals surface area contributed by atoms with Crippen LogP contribution in [0.5, 0.6) is 5.75 Å². The monoisotopic (exact) mass is 327 g/mol. The van der Waals surface area contributed by atoms with Gasteiger partial charge in [-0.1, -0.05) is 18.2 Å². The molecular weight excluding hydrogens is 310 g/mol. The first kappa shape index (κ1) is 15.8. The van der Waals surface area contributed by atoms with Gasteiger partial charge in [0.1, 0.15) is 12.4 Å². The molecule has 1 aliphatic heterocycles. The molecule has 0 atom stereocenters. The molecule has 0 saturated carbocycles. The molecule has 1 amide bonds. The zero-order valence-electron chi connectivity index (χ0n) is 13.2. The molecule has 7 heteroatoms. The number of fused-ring (bicyclic) bond motifs is 1. The number of amides is 1. The molecule has 0 radical (unpaired) electrons. The number of rotatable bonds is 4. The summed E-state index contributed by atoms with van der Waals surface area (Å²) in [5.74, 6) is 0.526. The number of aryl methyl sites for hydroxylation is 1. The molecule has 1 aliphatic rings. The van der Waals surface area contributed by atoms with Crippen LogP contribution in [0.2, 0.25) is 0 Å². The van der Waals surface area contributed by atoms with Crippen molar-refractivity contribution in [2.45, 2.75) is 6.92 Å². The van der Waals surface area contributed by atoms with Gasteiger partial charge in [-0.2, -0.15) is 0 Å². The molecule has 0 unspecified atom stereocenters.